The summed E-state index contributed by atoms with van der Waals surface area (Å²) in [6.45, 7) is 2.87. The molecule has 1 aliphatic heterocycles. The predicted molar refractivity (Wildman–Crippen MR) is 73.7 cm³/mol. The molecule has 1 aliphatic rings. The Kier molecular flexibility index (Phi) is 3.52. The molecular formula is C13H19FN4. The van der Waals surface area contributed by atoms with E-state index in [2.05, 4.69) is 16.8 Å². The second-order valence-corrected chi connectivity index (χ2v) is 4.78. The number of aliphatic imine (C=N–C) groups is 1. The van der Waals surface area contributed by atoms with Gasteiger partial charge in [0.25, 0.3) is 0 Å². The van der Waals surface area contributed by atoms with E-state index < -0.39 is 5.82 Å². The van der Waals surface area contributed by atoms with Crippen LogP contribution in [0.15, 0.2) is 17.1 Å². The minimum atomic E-state index is -0.412. The van der Waals surface area contributed by atoms with Crippen LogP contribution in [0.3, 0.4) is 0 Å². The van der Waals surface area contributed by atoms with E-state index in [-0.39, 0.29) is 11.7 Å². The molecule has 1 heterocycles. The Labute approximate surface area is 106 Å². The van der Waals surface area contributed by atoms with E-state index in [0.717, 1.165) is 18.7 Å². The van der Waals surface area contributed by atoms with Crippen molar-refractivity contribution in [2.45, 2.75) is 25.4 Å². The van der Waals surface area contributed by atoms with Gasteiger partial charge in [-0.2, -0.15) is 0 Å². The molecule has 0 spiro atoms. The first-order chi connectivity index (χ1) is 8.54. The first kappa shape index (κ1) is 12.8. The summed E-state index contributed by atoms with van der Waals surface area (Å²) < 4.78 is 13.5. The monoisotopic (exact) mass is 250 g/mol. The number of anilines is 2. The van der Waals surface area contributed by atoms with Crippen molar-refractivity contribution < 1.29 is 4.39 Å². The molecule has 4 N–H and O–H groups in total. The van der Waals surface area contributed by atoms with Crippen LogP contribution in [0.1, 0.15) is 18.9 Å². The molecule has 5 heteroatoms. The fraction of sp³-hybridized carbons (Fsp3) is 0.462. The first-order valence-electron chi connectivity index (χ1n) is 6.07. The van der Waals surface area contributed by atoms with Gasteiger partial charge >= 0.3 is 0 Å². The van der Waals surface area contributed by atoms with Crippen molar-refractivity contribution in [1.82, 2.24) is 0 Å². The lowest BCUT2D eigenvalue weighted by Gasteiger charge is -2.26. The highest BCUT2D eigenvalue weighted by molar-refractivity contribution is 5.94. The molecule has 2 rings (SSSR count). The maximum absolute atomic E-state index is 13.5. The van der Waals surface area contributed by atoms with Crippen LogP contribution in [0.2, 0.25) is 0 Å². The first-order valence-corrected chi connectivity index (χ1v) is 6.07. The van der Waals surface area contributed by atoms with E-state index in [9.17, 15) is 4.39 Å². The summed E-state index contributed by atoms with van der Waals surface area (Å²) in [4.78, 5) is 6.12. The number of hydrogen-bond donors (Lipinski definition) is 2. The van der Waals surface area contributed by atoms with Crippen LogP contribution in [0.25, 0.3) is 0 Å². The number of nitrogen functional groups attached to an aromatic ring is 1. The lowest BCUT2D eigenvalue weighted by Crippen LogP contribution is -2.30. The third kappa shape index (κ3) is 2.18. The van der Waals surface area contributed by atoms with Gasteiger partial charge in [0.05, 0.1) is 5.69 Å². The maximum atomic E-state index is 13.5. The predicted octanol–water partition coefficient (Wildman–Crippen LogP) is 1.38. The standard InChI is InChI=1S/C13H19FN4/c1-8-5-9(15)7-18(8)12-4-3-11(14)13(16)10(12)6-17-2/h3-4,6,8-9H,5,7,15-16H2,1-2H3. The quantitative estimate of drug-likeness (QED) is 0.615. The van der Waals surface area contributed by atoms with Crippen molar-refractivity contribution in [3.8, 4) is 0 Å². The Bertz CT molecular complexity index is 472. The van der Waals surface area contributed by atoms with Gasteiger partial charge < -0.3 is 16.4 Å². The van der Waals surface area contributed by atoms with Crippen LogP contribution in [-0.2, 0) is 0 Å². The van der Waals surface area contributed by atoms with Gasteiger partial charge in [0.1, 0.15) is 5.82 Å². The zero-order valence-electron chi connectivity index (χ0n) is 10.7. The van der Waals surface area contributed by atoms with Crippen molar-refractivity contribution in [2.75, 3.05) is 24.2 Å². The van der Waals surface area contributed by atoms with Crippen molar-refractivity contribution in [3.63, 3.8) is 0 Å². The highest BCUT2D eigenvalue weighted by Gasteiger charge is 2.28. The number of hydrogen-bond acceptors (Lipinski definition) is 4. The van der Waals surface area contributed by atoms with Crippen LogP contribution in [0, 0.1) is 5.82 Å². The lowest BCUT2D eigenvalue weighted by molar-refractivity contribution is 0.631. The van der Waals surface area contributed by atoms with Crippen molar-refractivity contribution in [3.05, 3.63) is 23.5 Å². The molecule has 1 saturated heterocycles. The van der Waals surface area contributed by atoms with E-state index in [1.807, 2.05) is 0 Å². The average Bonchev–Trinajstić information content (AvgIpc) is 2.65. The average molecular weight is 250 g/mol. The molecule has 1 fully saturated rings. The fourth-order valence-electron chi connectivity index (χ4n) is 2.52. The molecule has 18 heavy (non-hydrogen) atoms. The Hall–Kier alpha value is -1.62. The number of nitrogens with zero attached hydrogens (tertiary/aromatic N) is 2. The summed E-state index contributed by atoms with van der Waals surface area (Å²) in [6, 6.07) is 3.62. The summed E-state index contributed by atoms with van der Waals surface area (Å²) in [7, 11) is 1.65. The number of benzene rings is 1. The minimum absolute atomic E-state index is 0.144. The lowest BCUT2D eigenvalue weighted by atomic mass is 10.1. The van der Waals surface area contributed by atoms with Gasteiger partial charge in [-0.05, 0) is 25.5 Å². The van der Waals surface area contributed by atoms with Crippen molar-refractivity contribution in [1.29, 1.82) is 0 Å². The van der Waals surface area contributed by atoms with Gasteiger partial charge in [-0.15, -0.1) is 0 Å². The van der Waals surface area contributed by atoms with E-state index in [1.165, 1.54) is 6.07 Å². The molecule has 0 bridgehead atoms. The highest BCUT2D eigenvalue weighted by atomic mass is 19.1. The smallest absolute Gasteiger partial charge is 0.146 e. The Morgan fingerprint density at radius 2 is 2.22 bits per heavy atom. The van der Waals surface area contributed by atoms with Gasteiger partial charge in [-0.1, -0.05) is 0 Å². The Balaban J connectivity index is 2.47. The maximum Gasteiger partial charge on any atom is 0.146 e. The van der Waals surface area contributed by atoms with Crippen LogP contribution < -0.4 is 16.4 Å². The summed E-state index contributed by atoms with van der Waals surface area (Å²) in [5.41, 5.74) is 13.4. The highest BCUT2D eigenvalue weighted by Crippen LogP contribution is 2.31. The zero-order valence-corrected chi connectivity index (χ0v) is 10.7. The van der Waals surface area contributed by atoms with E-state index >= 15 is 0 Å². The second-order valence-electron chi connectivity index (χ2n) is 4.78. The van der Waals surface area contributed by atoms with Crippen molar-refractivity contribution in [2.24, 2.45) is 10.7 Å². The molecule has 0 amide bonds. The molecule has 4 nitrogen and oxygen atoms in total. The third-order valence-electron chi connectivity index (χ3n) is 3.39. The van der Waals surface area contributed by atoms with E-state index in [4.69, 9.17) is 11.5 Å². The van der Waals surface area contributed by atoms with E-state index in [0.29, 0.717) is 11.6 Å². The number of rotatable bonds is 2. The summed E-state index contributed by atoms with van der Waals surface area (Å²) in [6.07, 6.45) is 2.53. The third-order valence-corrected chi connectivity index (χ3v) is 3.39. The van der Waals surface area contributed by atoms with Crippen molar-refractivity contribution >= 4 is 17.6 Å². The second kappa shape index (κ2) is 4.94. The van der Waals surface area contributed by atoms with Crippen LogP contribution in [-0.4, -0.2) is 31.9 Å². The van der Waals surface area contributed by atoms with Gasteiger partial charge in [0.15, 0.2) is 0 Å². The molecule has 98 valence electrons. The van der Waals surface area contributed by atoms with Crippen LogP contribution in [0.4, 0.5) is 15.8 Å². The van der Waals surface area contributed by atoms with E-state index in [1.54, 1.807) is 19.3 Å². The van der Waals surface area contributed by atoms with Gasteiger partial charge in [0.2, 0.25) is 0 Å². The minimum Gasteiger partial charge on any atom is -0.396 e. The Morgan fingerprint density at radius 3 is 2.78 bits per heavy atom. The molecule has 0 saturated carbocycles. The molecule has 0 aromatic heterocycles. The van der Waals surface area contributed by atoms with Gasteiger partial charge in [0, 0.05) is 43.1 Å². The summed E-state index contributed by atoms with van der Waals surface area (Å²) in [5.74, 6) is -0.412. The molecule has 2 unspecified atom stereocenters. The van der Waals surface area contributed by atoms with Crippen LogP contribution in [0.5, 0.6) is 0 Å². The molecule has 1 aromatic rings. The topological polar surface area (TPSA) is 67.6 Å². The van der Waals surface area contributed by atoms with Gasteiger partial charge in [-0.25, -0.2) is 4.39 Å². The largest absolute Gasteiger partial charge is 0.396 e. The molecule has 1 aromatic carbocycles. The zero-order chi connectivity index (χ0) is 13.3. The SMILES string of the molecule is CN=Cc1c(N2CC(N)CC2C)ccc(F)c1N. The summed E-state index contributed by atoms with van der Waals surface area (Å²) >= 11 is 0. The molecule has 2 atom stereocenters. The molecule has 0 radical (unpaired) electrons. The molecule has 0 aliphatic carbocycles. The Morgan fingerprint density at radius 1 is 1.50 bits per heavy atom. The summed E-state index contributed by atoms with van der Waals surface area (Å²) in [5, 5.41) is 0. The fourth-order valence-corrected chi connectivity index (χ4v) is 2.52. The number of nitrogens with two attached hydrogens (primary N) is 2. The van der Waals surface area contributed by atoms with Crippen LogP contribution >= 0.6 is 0 Å². The normalized spacial score (nSPS) is 24.1. The number of halogens is 1. The van der Waals surface area contributed by atoms with Gasteiger partial charge in [-0.3, -0.25) is 4.99 Å². The molecular weight excluding hydrogens is 231 g/mol.